The lowest BCUT2D eigenvalue weighted by molar-refractivity contribution is -0.133. The molecule has 6 nitrogen and oxygen atoms in total. The summed E-state index contributed by atoms with van der Waals surface area (Å²) in [5, 5.41) is 2.04. The summed E-state index contributed by atoms with van der Waals surface area (Å²) in [6, 6.07) is 6.07. The van der Waals surface area contributed by atoms with Gasteiger partial charge in [-0.2, -0.15) is 0 Å². The van der Waals surface area contributed by atoms with Crippen LogP contribution >= 0.6 is 11.3 Å². The number of hydrogen-bond acceptors (Lipinski definition) is 6. The van der Waals surface area contributed by atoms with Crippen LogP contribution in [0.15, 0.2) is 23.6 Å². The monoisotopic (exact) mass is 419 g/mol. The average Bonchev–Trinajstić information content (AvgIpc) is 3.31. The van der Waals surface area contributed by atoms with Gasteiger partial charge in [-0.1, -0.05) is 6.07 Å². The molecule has 0 spiro atoms. The number of carbonyl (C=O) groups is 1. The molecule has 2 aromatic rings. The fourth-order valence-electron chi connectivity index (χ4n) is 4.15. The second-order valence-corrected chi connectivity index (χ2v) is 11.1. The second kappa shape index (κ2) is 7.91. The predicted molar refractivity (Wildman–Crippen MR) is 110 cm³/mol. The number of nitrogens with zero attached hydrogens (tertiary/aromatic N) is 3. The van der Waals surface area contributed by atoms with Crippen LogP contribution in [0.4, 0.5) is 0 Å². The van der Waals surface area contributed by atoms with E-state index in [1.165, 1.54) is 0 Å². The number of carbonyl (C=O) groups excluding carboxylic acids is 1. The van der Waals surface area contributed by atoms with Crippen LogP contribution in [0.25, 0.3) is 10.6 Å². The molecule has 4 rings (SSSR count). The number of rotatable bonds is 4. The molecular weight excluding hydrogens is 394 g/mol. The minimum Gasteiger partial charge on any atom is -0.342 e. The van der Waals surface area contributed by atoms with Gasteiger partial charge < -0.3 is 4.90 Å². The molecule has 2 aromatic heterocycles. The molecule has 2 aliphatic rings. The number of likely N-dealkylation sites (tertiary alicyclic amines) is 1. The number of piperidine rings is 1. The molecule has 0 aliphatic carbocycles. The van der Waals surface area contributed by atoms with E-state index in [4.69, 9.17) is 4.98 Å². The van der Waals surface area contributed by atoms with E-state index < -0.39 is 9.84 Å². The van der Waals surface area contributed by atoms with Crippen molar-refractivity contribution in [2.24, 2.45) is 5.92 Å². The molecule has 0 N–H and O–H groups in total. The summed E-state index contributed by atoms with van der Waals surface area (Å²) in [5.74, 6) is 1.35. The minimum atomic E-state index is -2.95. The average molecular weight is 420 g/mol. The van der Waals surface area contributed by atoms with Gasteiger partial charge in [-0.3, -0.25) is 4.79 Å². The van der Waals surface area contributed by atoms with Crippen LogP contribution in [0.1, 0.15) is 43.1 Å². The summed E-state index contributed by atoms with van der Waals surface area (Å²) in [4.78, 5) is 25.2. The summed E-state index contributed by atoms with van der Waals surface area (Å²) in [7, 11) is -2.95. The quantitative estimate of drug-likeness (QED) is 0.761. The summed E-state index contributed by atoms with van der Waals surface area (Å²) in [6.45, 7) is 3.33. The third kappa shape index (κ3) is 4.43. The first-order chi connectivity index (χ1) is 13.4. The highest BCUT2D eigenvalue weighted by Crippen LogP contribution is 2.30. The molecule has 2 saturated heterocycles. The van der Waals surface area contributed by atoms with E-state index in [0.29, 0.717) is 19.4 Å². The fraction of sp³-hybridized carbons (Fsp3) is 0.550. The largest absolute Gasteiger partial charge is 0.342 e. The van der Waals surface area contributed by atoms with E-state index in [9.17, 15) is 13.2 Å². The van der Waals surface area contributed by atoms with Crippen LogP contribution in [0.5, 0.6) is 0 Å². The summed E-state index contributed by atoms with van der Waals surface area (Å²) in [6.07, 6.45) is 2.83. The van der Waals surface area contributed by atoms with E-state index in [1.807, 2.05) is 29.3 Å². The number of amides is 1. The Balaban J connectivity index is 1.46. The third-order valence-electron chi connectivity index (χ3n) is 5.57. The van der Waals surface area contributed by atoms with Crippen molar-refractivity contribution >= 4 is 27.1 Å². The predicted octanol–water partition coefficient (Wildman–Crippen LogP) is 3.04. The SMILES string of the molecule is Cc1cc(-c2cccs2)nc([C@@H]2CCCN(C(=O)C[C@@H]3CCS(=O)(=O)C3)C2)n1. The maximum Gasteiger partial charge on any atom is 0.222 e. The van der Waals surface area contributed by atoms with E-state index in [2.05, 4.69) is 11.1 Å². The third-order valence-corrected chi connectivity index (χ3v) is 8.30. The van der Waals surface area contributed by atoms with Gasteiger partial charge in [0.2, 0.25) is 5.91 Å². The van der Waals surface area contributed by atoms with Crippen LogP contribution < -0.4 is 0 Å². The Morgan fingerprint density at radius 2 is 2.18 bits per heavy atom. The topological polar surface area (TPSA) is 80.2 Å². The normalized spacial score (nSPS) is 24.4. The lowest BCUT2D eigenvalue weighted by atomic mass is 9.95. The number of sulfone groups is 1. The first-order valence-corrected chi connectivity index (χ1v) is 12.5. The first kappa shape index (κ1) is 19.5. The van der Waals surface area contributed by atoms with Crippen molar-refractivity contribution in [3.63, 3.8) is 0 Å². The molecule has 1 amide bonds. The zero-order valence-electron chi connectivity index (χ0n) is 16.0. The highest BCUT2D eigenvalue weighted by Gasteiger charge is 2.32. The molecule has 2 aliphatic heterocycles. The van der Waals surface area contributed by atoms with Crippen LogP contribution in [0, 0.1) is 12.8 Å². The van der Waals surface area contributed by atoms with Crippen LogP contribution in [0.3, 0.4) is 0 Å². The van der Waals surface area contributed by atoms with E-state index in [0.717, 1.165) is 41.5 Å². The molecule has 0 unspecified atom stereocenters. The maximum atomic E-state index is 12.8. The van der Waals surface area contributed by atoms with Gasteiger partial charge in [0, 0.05) is 31.1 Å². The molecule has 2 atom stereocenters. The Morgan fingerprint density at radius 1 is 1.32 bits per heavy atom. The summed E-state index contributed by atoms with van der Waals surface area (Å²) >= 11 is 1.66. The first-order valence-electron chi connectivity index (χ1n) is 9.77. The Hall–Kier alpha value is -1.80. The fourth-order valence-corrected chi connectivity index (χ4v) is 6.70. The van der Waals surface area contributed by atoms with Crippen molar-refractivity contribution in [3.05, 3.63) is 35.1 Å². The zero-order chi connectivity index (χ0) is 19.7. The summed E-state index contributed by atoms with van der Waals surface area (Å²) < 4.78 is 23.3. The van der Waals surface area contributed by atoms with E-state index >= 15 is 0 Å². The van der Waals surface area contributed by atoms with Crippen LogP contribution in [-0.4, -0.2) is 53.8 Å². The Bertz CT molecular complexity index is 957. The smallest absolute Gasteiger partial charge is 0.222 e. The van der Waals surface area contributed by atoms with Gasteiger partial charge in [-0.05, 0) is 49.6 Å². The minimum absolute atomic E-state index is 0.0291. The van der Waals surface area contributed by atoms with Crippen LogP contribution in [0.2, 0.25) is 0 Å². The Labute approximate surface area is 169 Å². The lowest BCUT2D eigenvalue weighted by Crippen LogP contribution is -2.40. The van der Waals surface area contributed by atoms with Crippen molar-refractivity contribution in [2.45, 2.75) is 38.5 Å². The van der Waals surface area contributed by atoms with E-state index in [-0.39, 0.29) is 29.2 Å². The Kier molecular flexibility index (Phi) is 5.51. The molecule has 4 heterocycles. The maximum absolute atomic E-state index is 12.8. The van der Waals surface area contributed by atoms with Crippen molar-refractivity contribution in [1.82, 2.24) is 14.9 Å². The lowest BCUT2D eigenvalue weighted by Gasteiger charge is -2.32. The summed E-state index contributed by atoms with van der Waals surface area (Å²) in [5.41, 5.74) is 1.88. The second-order valence-electron chi connectivity index (χ2n) is 7.88. The van der Waals surface area contributed by atoms with E-state index in [1.54, 1.807) is 11.3 Å². The van der Waals surface area contributed by atoms with Crippen LogP contribution in [-0.2, 0) is 14.6 Å². The number of thiophene rings is 1. The molecule has 0 saturated carbocycles. The standard InChI is InChI=1S/C20H25N3O3S2/c1-14-10-17(18-5-3-8-27-18)22-20(21-14)16-4-2-7-23(12-16)19(24)11-15-6-9-28(25,26)13-15/h3,5,8,10,15-16H,2,4,6-7,9,11-13H2,1H3/t15-,16+/m0/s1. The number of aryl methyl sites for hydroxylation is 1. The van der Waals surface area contributed by atoms with Gasteiger partial charge in [0.05, 0.1) is 22.1 Å². The van der Waals surface area contributed by atoms with Gasteiger partial charge in [0.15, 0.2) is 9.84 Å². The molecule has 28 heavy (non-hydrogen) atoms. The van der Waals surface area contributed by atoms with Crippen molar-refractivity contribution < 1.29 is 13.2 Å². The molecule has 0 radical (unpaired) electrons. The highest BCUT2D eigenvalue weighted by molar-refractivity contribution is 7.91. The molecule has 8 heteroatoms. The number of hydrogen-bond donors (Lipinski definition) is 0. The van der Waals surface area contributed by atoms with Gasteiger partial charge in [-0.25, -0.2) is 18.4 Å². The van der Waals surface area contributed by atoms with Gasteiger partial charge >= 0.3 is 0 Å². The van der Waals surface area contributed by atoms with Crippen molar-refractivity contribution in [2.75, 3.05) is 24.6 Å². The zero-order valence-corrected chi connectivity index (χ0v) is 17.6. The number of aromatic nitrogens is 2. The molecule has 0 aromatic carbocycles. The van der Waals surface area contributed by atoms with Gasteiger partial charge in [-0.15, -0.1) is 11.3 Å². The van der Waals surface area contributed by atoms with Crippen molar-refractivity contribution in [1.29, 1.82) is 0 Å². The molecule has 0 bridgehead atoms. The van der Waals surface area contributed by atoms with Gasteiger partial charge in [0.25, 0.3) is 0 Å². The Morgan fingerprint density at radius 3 is 2.89 bits per heavy atom. The highest BCUT2D eigenvalue weighted by atomic mass is 32.2. The van der Waals surface area contributed by atoms with Crippen molar-refractivity contribution in [3.8, 4) is 10.6 Å². The molecular formula is C20H25N3O3S2. The molecule has 150 valence electrons. The van der Waals surface area contributed by atoms with Gasteiger partial charge in [0.1, 0.15) is 5.82 Å². The molecule has 2 fully saturated rings.